The van der Waals surface area contributed by atoms with Gasteiger partial charge in [0.05, 0.1) is 0 Å². The molecule has 1 unspecified atom stereocenters. The maximum Gasteiger partial charge on any atom is 0.411 e. The first-order valence-electron chi connectivity index (χ1n) is 9.49. The average Bonchev–Trinajstić information content (AvgIpc) is 3.10. The zero-order chi connectivity index (χ0) is 19.9. The van der Waals surface area contributed by atoms with E-state index in [0.29, 0.717) is 11.6 Å². The van der Waals surface area contributed by atoms with Gasteiger partial charge in [0, 0.05) is 5.70 Å². The number of allylic oxidation sites excluding steroid dienone is 7. The molecule has 0 radical (unpaired) electrons. The Morgan fingerprint density at radius 2 is 1.65 bits per heavy atom. The van der Waals surface area contributed by atoms with Crippen molar-refractivity contribution < 1.29 is 9.53 Å². The number of carbonyl (C=O) groups is 1. The van der Waals surface area contributed by atoms with Crippen LogP contribution >= 0.6 is 0 Å². The van der Waals surface area contributed by atoms with Crippen LogP contribution in [0.15, 0.2) is 58.9 Å². The van der Waals surface area contributed by atoms with Crippen LogP contribution in [0.4, 0.5) is 4.79 Å². The van der Waals surface area contributed by atoms with Crippen molar-refractivity contribution in [2.75, 3.05) is 0 Å². The molecule has 0 saturated heterocycles. The quantitative estimate of drug-likeness (QED) is 0.521. The predicted octanol–water partition coefficient (Wildman–Crippen LogP) is 6.61. The van der Waals surface area contributed by atoms with Crippen LogP contribution in [0.2, 0.25) is 0 Å². The largest absolute Gasteiger partial charge is 0.446 e. The van der Waals surface area contributed by atoms with Crippen molar-refractivity contribution >= 4 is 6.09 Å². The monoisotopic (exact) mass is 357 g/mol. The van der Waals surface area contributed by atoms with Gasteiger partial charge in [-0.15, -0.1) is 0 Å². The number of rotatable bonds is 7. The van der Waals surface area contributed by atoms with E-state index < -0.39 is 6.09 Å². The predicted molar refractivity (Wildman–Crippen MR) is 111 cm³/mol. The molecule has 3 nitrogen and oxygen atoms in total. The van der Waals surface area contributed by atoms with Crippen LogP contribution in [0.25, 0.3) is 0 Å². The van der Waals surface area contributed by atoms with Crippen LogP contribution < -0.4 is 5.32 Å². The van der Waals surface area contributed by atoms with E-state index >= 15 is 0 Å². The highest BCUT2D eigenvalue weighted by Gasteiger charge is 2.24. The molecule has 1 fully saturated rings. The van der Waals surface area contributed by atoms with Gasteiger partial charge in [-0.2, -0.15) is 0 Å². The molecule has 1 aliphatic carbocycles. The summed E-state index contributed by atoms with van der Waals surface area (Å²) in [6.45, 7) is 20.1. The summed E-state index contributed by atoms with van der Waals surface area (Å²) in [5, 5.41) is 2.87. The number of hydrogen-bond acceptors (Lipinski definition) is 2. The van der Waals surface area contributed by atoms with Gasteiger partial charge in [-0.1, -0.05) is 49.3 Å². The molecular formula is C23H35NO2. The molecule has 1 aliphatic rings. The third-order valence-electron chi connectivity index (χ3n) is 5.19. The molecule has 0 bridgehead atoms. The molecular weight excluding hydrogens is 322 g/mol. The molecule has 0 heterocycles. The second-order valence-corrected chi connectivity index (χ2v) is 7.60. The standard InChI is InChI=1S/C23H35NO2/c1-15(2)17(5)13-14-18(6)19(7)22(16(3)4)24-23(25)26-20(8)21-11-9-10-12-21/h13-14,20-21H,3,6,9-12H2,1-2,4-5,7-8H3,(H,24,25)/b14-13-,22-19-. The Labute approximate surface area is 159 Å². The third kappa shape index (κ3) is 6.70. The molecule has 3 heteroatoms. The van der Waals surface area contributed by atoms with E-state index in [-0.39, 0.29) is 6.10 Å². The van der Waals surface area contributed by atoms with E-state index in [0.717, 1.165) is 29.6 Å². The summed E-state index contributed by atoms with van der Waals surface area (Å²) < 4.78 is 5.59. The molecule has 1 amide bonds. The van der Waals surface area contributed by atoms with E-state index in [9.17, 15) is 4.79 Å². The lowest BCUT2D eigenvalue weighted by molar-refractivity contribution is 0.0763. The van der Waals surface area contributed by atoms with Crippen molar-refractivity contribution in [1.82, 2.24) is 5.32 Å². The normalized spacial score (nSPS) is 16.8. The molecule has 0 aromatic carbocycles. The zero-order valence-corrected chi connectivity index (χ0v) is 17.4. The van der Waals surface area contributed by atoms with Crippen LogP contribution in [0, 0.1) is 5.92 Å². The Bertz CT molecular complexity index is 639. The maximum absolute atomic E-state index is 12.3. The fraction of sp³-hybridized carbons (Fsp3) is 0.522. The van der Waals surface area contributed by atoms with Gasteiger partial charge in [0.15, 0.2) is 0 Å². The van der Waals surface area contributed by atoms with Crippen molar-refractivity contribution in [3.05, 3.63) is 58.9 Å². The summed E-state index contributed by atoms with van der Waals surface area (Å²) in [6, 6.07) is 0. The SMILES string of the molecule is C=C(/C=C\C(C)=C(C)C)/C(C)=C(\NC(=O)OC(C)C1CCCC1)C(=C)C. The number of nitrogens with one attached hydrogen (secondary N) is 1. The first-order chi connectivity index (χ1) is 12.1. The number of carbonyl (C=O) groups excluding carboxylic acids is 1. The lowest BCUT2D eigenvalue weighted by atomic mass is 10.0. The Hall–Kier alpha value is -2.03. The molecule has 0 aromatic heterocycles. The van der Waals surface area contributed by atoms with Gasteiger partial charge < -0.3 is 4.74 Å². The van der Waals surface area contributed by atoms with Gasteiger partial charge in [0.25, 0.3) is 0 Å². The average molecular weight is 358 g/mol. The van der Waals surface area contributed by atoms with Crippen molar-refractivity contribution in [2.24, 2.45) is 5.92 Å². The molecule has 1 N–H and O–H groups in total. The van der Waals surface area contributed by atoms with Crippen molar-refractivity contribution in [3.63, 3.8) is 0 Å². The van der Waals surface area contributed by atoms with Gasteiger partial charge in [-0.3, -0.25) is 5.32 Å². The number of ether oxygens (including phenoxy) is 1. The van der Waals surface area contributed by atoms with Gasteiger partial charge >= 0.3 is 6.09 Å². The minimum atomic E-state index is -0.418. The van der Waals surface area contributed by atoms with E-state index in [1.165, 1.54) is 24.0 Å². The van der Waals surface area contributed by atoms with Crippen LogP contribution in [0.5, 0.6) is 0 Å². The van der Waals surface area contributed by atoms with Gasteiger partial charge in [0.1, 0.15) is 6.10 Å². The summed E-state index contributed by atoms with van der Waals surface area (Å²) in [5.74, 6) is 0.476. The fourth-order valence-corrected chi connectivity index (χ4v) is 3.02. The second kappa shape index (κ2) is 10.2. The van der Waals surface area contributed by atoms with E-state index in [4.69, 9.17) is 4.74 Å². The van der Waals surface area contributed by atoms with Gasteiger partial charge in [-0.25, -0.2) is 4.79 Å². The third-order valence-corrected chi connectivity index (χ3v) is 5.19. The Morgan fingerprint density at radius 1 is 1.08 bits per heavy atom. The Kier molecular flexibility index (Phi) is 8.64. The maximum atomic E-state index is 12.3. The van der Waals surface area contributed by atoms with Crippen LogP contribution in [0.3, 0.4) is 0 Å². The summed E-state index contributed by atoms with van der Waals surface area (Å²) in [6.07, 6.45) is 8.27. The van der Waals surface area contributed by atoms with E-state index in [2.05, 4.69) is 39.2 Å². The molecule has 144 valence electrons. The molecule has 26 heavy (non-hydrogen) atoms. The number of hydrogen-bond donors (Lipinski definition) is 1. The lowest BCUT2D eigenvalue weighted by Crippen LogP contribution is -2.31. The molecule has 1 atom stereocenters. The summed E-state index contributed by atoms with van der Waals surface area (Å²) in [5.41, 5.74) is 5.65. The summed E-state index contributed by atoms with van der Waals surface area (Å²) in [4.78, 5) is 12.3. The highest BCUT2D eigenvalue weighted by molar-refractivity contribution is 5.72. The second-order valence-electron chi connectivity index (χ2n) is 7.60. The molecule has 1 rings (SSSR count). The van der Waals surface area contributed by atoms with Crippen LogP contribution in [-0.2, 0) is 4.74 Å². The summed E-state index contributed by atoms with van der Waals surface area (Å²) in [7, 11) is 0. The topological polar surface area (TPSA) is 38.3 Å². The minimum Gasteiger partial charge on any atom is -0.446 e. The van der Waals surface area contributed by atoms with Crippen molar-refractivity contribution in [1.29, 1.82) is 0 Å². The van der Waals surface area contributed by atoms with Gasteiger partial charge in [0.2, 0.25) is 0 Å². The summed E-state index contributed by atoms with van der Waals surface area (Å²) >= 11 is 0. The zero-order valence-electron chi connectivity index (χ0n) is 17.4. The molecule has 0 spiro atoms. The van der Waals surface area contributed by atoms with Crippen LogP contribution in [0.1, 0.15) is 67.2 Å². The van der Waals surface area contributed by atoms with E-state index in [1.807, 2.05) is 32.9 Å². The minimum absolute atomic E-state index is 0.0624. The smallest absolute Gasteiger partial charge is 0.411 e. The first-order valence-corrected chi connectivity index (χ1v) is 9.49. The molecule has 1 saturated carbocycles. The first kappa shape index (κ1) is 22.0. The molecule has 0 aliphatic heterocycles. The Morgan fingerprint density at radius 3 is 2.15 bits per heavy atom. The van der Waals surface area contributed by atoms with Crippen molar-refractivity contribution in [3.8, 4) is 0 Å². The molecule has 0 aromatic rings. The van der Waals surface area contributed by atoms with Crippen LogP contribution in [-0.4, -0.2) is 12.2 Å². The number of alkyl carbamates (subject to hydrolysis) is 1. The lowest BCUT2D eigenvalue weighted by Gasteiger charge is -2.21. The number of amides is 1. The van der Waals surface area contributed by atoms with Gasteiger partial charge in [-0.05, 0) is 77.0 Å². The highest BCUT2D eigenvalue weighted by Crippen LogP contribution is 2.29. The van der Waals surface area contributed by atoms with Crippen molar-refractivity contribution in [2.45, 2.75) is 73.3 Å². The fourth-order valence-electron chi connectivity index (χ4n) is 3.02. The highest BCUT2D eigenvalue weighted by atomic mass is 16.6. The van der Waals surface area contributed by atoms with E-state index in [1.54, 1.807) is 0 Å². The Balaban J connectivity index is 2.83.